The van der Waals surface area contributed by atoms with Gasteiger partial charge < -0.3 is 0 Å². The molecule has 0 spiro atoms. The van der Waals surface area contributed by atoms with Crippen LogP contribution in [0.3, 0.4) is 0 Å². The first-order valence-electron chi connectivity index (χ1n) is 6.63. The molecule has 0 saturated heterocycles. The highest BCUT2D eigenvalue weighted by Gasteiger charge is 2.32. The van der Waals surface area contributed by atoms with Gasteiger partial charge in [-0.3, -0.25) is 4.79 Å². The van der Waals surface area contributed by atoms with Crippen molar-refractivity contribution in [2.75, 3.05) is 0 Å². The van der Waals surface area contributed by atoms with E-state index < -0.39 is 0 Å². The predicted octanol–water partition coefficient (Wildman–Crippen LogP) is 3.75. The van der Waals surface area contributed by atoms with E-state index in [0.29, 0.717) is 0 Å². The number of hydrogen-bond acceptors (Lipinski definition) is 3. The van der Waals surface area contributed by atoms with Crippen molar-refractivity contribution in [3.63, 3.8) is 0 Å². The molecule has 2 heterocycles. The molecule has 0 aliphatic carbocycles. The third-order valence-electron chi connectivity index (χ3n) is 3.56. The van der Waals surface area contributed by atoms with E-state index in [2.05, 4.69) is 30.2 Å². The standard InChI is InChI=1S/C16H16N2OS/c1-11-6-3-4-7-13(11)14-10-15(16-8-5-9-20-16)18(17-14)12(2)19/h3-9,15H,10H2,1-2H3/t15-/m1/s1. The zero-order valence-electron chi connectivity index (χ0n) is 11.5. The summed E-state index contributed by atoms with van der Waals surface area (Å²) >= 11 is 1.68. The molecule has 0 fully saturated rings. The molecule has 0 radical (unpaired) electrons. The molecule has 1 aliphatic heterocycles. The molecule has 1 aromatic carbocycles. The molecule has 20 heavy (non-hydrogen) atoms. The molecule has 3 rings (SSSR count). The lowest BCUT2D eigenvalue weighted by atomic mass is 9.99. The van der Waals surface area contributed by atoms with Gasteiger partial charge >= 0.3 is 0 Å². The van der Waals surface area contributed by atoms with E-state index in [-0.39, 0.29) is 11.9 Å². The second-order valence-electron chi connectivity index (χ2n) is 4.96. The average molecular weight is 284 g/mol. The largest absolute Gasteiger partial charge is 0.273 e. The number of hydrazone groups is 1. The maximum Gasteiger partial charge on any atom is 0.240 e. The lowest BCUT2D eigenvalue weighted by Gasteiger charge is -2.18. The Bertz CT molecular complexity index is 661. The highest BCUT2D eigenvalue weighted by Crippen LogP contribution is 2.35. The van der Waals surface area contributed by atoms with Gasteiger partial charge in [0.1, 0.15) is 0 Å². The number of nitrogens with zero attached hydrogens (tertiary/aromatic N) is 2. The van der Waals surface area contributed by atoms with Crippen molar-refractivity contribution in [1.29, 1.82) is 0 Å². The molecule has 1 aliphatic rings. The van der Waals surface area contributed by atoms with Crippen LogP contribution in [0.1, 0.15) is 35.4 Å². The fourth-order valence-corrected chi connectivity index (χ4v) is 3.37. The molecule has 4 heteroatoms. The molecule has 0 bridgehead atoms. The molecule has 1 aromatic heterocycles. The van der Waals surface area contributed by atoms with Crippen LogP contribution < -0.4 is 0 Å². The fourth-order valence-electron chi connectivity index (χ4n) is 2.56. The molecular formula is C16H16N2OS. The molecule has 2 aromatic rings. The number of benzene rings is 1. The van der Waals surface area contributed by atoms with E-state index in [0.717, 1.165) is 17.7 Å². The van der Waals surface area contributed by atoms with Gasteiger partial charge in [-0.15, -0.1) is 11.3 Å². The number of hydrogen-bond donors (Lipinski definition) is 0. The van der Waals surface area contributed by atoms with Crippen molar-refractivity contribution in [2.45, 2.75) is 26.3 Å². The minimum Gasteiger partial charge on any atom is -0.273 e. The quantitative estimate of drug-likeness (QED) is 0.826. The van der Waals surface area contributed by atoms with Crippen LogP contribution in [0.5, 0.6) is 0 Å². The summed E-state index contributed by atoms with van der Waals surface area (Å²) in [6.07, 6.45) is 0.783. The van der Waals surface area contributed by atoms with Gasteiger partial charge in [-0.25, -0.2) is 5.01 Å². The van der Waals surface area contributed by atoms with Gasteiger partial charge in [0.15, 0.2) is 0 Å². The Hall–Kier alpha value is -1.94. The number of rotatable bonds is 2. The molecular weight excluding hydrogens is 268 g/mol. The third-order valence-corrected chi connectivity index (χ3v) is 4.53. The Labute approximate surface area is 122 Å². The third kappa shape index (κ3) is 2.27. The lowest BCUT2D eigenvalue weighted by molar-refractivity contribution is -0.130. The van der Waals surface area contributed by atoms with Crippen LogP contribution >= 0.6 is 11.3 Å². The minimum absolute atomic E-state index is 0.00742. The van der Waals surface area contributed by atoms with Crippen LogP contribution in [-0.4, -0.2) is 16.6 Å². The Morgan fingerprint density at radius 3 is 2.75 bits per heavy atom. The van der Waals surface area contributed by atoms with Gasteiger partial charge in [-0.05, 0) is 23.9 Å². The summed E-state index contributed by atoms with van der Waals surface area (Å²) in [6, 6.07) is 12.3. The Kier molecular flexibility index (Phi) is 3.40. The van der Waals surface area contributed by atoms with E-state index >= 15 is 0 Å². The molecule has 1 amide bonds. The van der Waals surface area contributed by atoms with Crippen LogP contribution in [0.15, 0.2) is 46.9 Å². The summed E-state index contributed by atoms with van der Waals surface area (Å²) < 4.78 is 0. The summed E-state index contributed by atoms with van der Waals surface area (Å²) in [7, 11) is 0. The lowest BCUT2D eigenvalue weighted by Crippen LogP contribution is -2.23. The van der Waals surface area contributed by atoms with Crippen LogP contribution in [0.4, 0.5) is 0 Å². The highest BCUT2D eigenvalue weighted by molar-refractivity contribution is 7.10. The van der Waals surface area contributed by atoms with E-state index in [1.807, 2.05) is 23.6 Å². The second kappa shape index (κ2) is 5.21. The van der Waals surface area contributed by atoms with Crippen molar-refractivity contribution in [1.82, 2.24) is 5.01 Å². The van der Waals surface area contributed by atoms with Gasteiger partial charge in [-0.1, -0.05) is 30.3 Å². The maximum absolute atomic E-state index is 11.8. The van der Waals surface area contributed by atoms with E-state index in [1.54, 1.807) is 23.3 Å². The monoisotopic (exact) mass is 284 g/mol. The summed E-state index contributed by atoms with van der Waals surface area (Å²) in [5.74, 6) is -0.00742. The molecule has 1 atom stereocenters. The van der Waals surface area contributed by atoms with E-state index in [1.165, 1.54) is 10.4 Å². The molecule has 0 saturated carbocycles. The Morgan fingerprint density at radius 1 is 1.30 bits per heavy atom. The number of carbonyl (C=O) groups excluding carboxylic acids is 1. The van der Waals surface area contributed by atoms with Gasteiger partial charge in [0.2, 0.25) is 5.91 Å². The van der Waals surface area contributed by atoms with Crippen molar-refractivity contribution >= 4 is 23.0 Å². The van der Waals surface area contributed by atoms with Crippen LogP contribution in [0.25, 0.3) is 0 Å². The van der Waals surface area contributed by atoms with E-state index in [9.17, 15) is 4.79 Å². The zero-order valence-corrected chi connectivity index (χ0v) is 12.4. The molecule has 3 nitrogen and oxygen atoms in total. The topological polar surface area (TPSA) is 32.7 Å². The van der Waals surface area contributed by atoms with Crippen LogP contribution in [0.2, 0.25) is 0 Å². The average Bonchev–Trinajstić information content (AvgIpc) is 3.08. The van der Waals surface area contributed by atoms with Gasteiger partial charge in [0, 0.05) is 23.8 Å². The van der Waals surface area contributed by atoms with Crippen molar-refractivity contribution in [3.8, 4) is 0 Å². The van der Waals surface area contributed by atoms with Gasteiger partial charge in [-0.2, -0.15) is 5.10 Å². The molecule has 0 N–H and O–H groups in total. The summed E-state index contributed by atoms with van der Waals surface area (Å²) in [5, 5.41) is 8.22. The Morgan fingerprint density at radius 2 is 2.10 bits per heavy atom. The number of carbonyl (C=O) groups is 1. The summed E-state index contributed by atoms with van der Waals surface area (Å²) in [5.41, 5.74) is 3.33. The predicted molar refractivity (Wildman–Crippen MR) is 81.9 cm³/mol. The number of amides is 1. The van der Waals surface area contributed by atoms with Crippen molar-refractivity contribution in [2.24, 2.45) is 5.10 Å². The minimum atomic E-state index is -0.00742. The summed E-state index contributed by atoms with van der Waals surface area (Å²) in [4.78, 5) is 13.0. The second-order valence-corrected chi connectivity index (χ2v) is 5.94. The van der Waals surface area contributed by atoms with Crippen LogP contribution in [0, 0.1) is 6.92 Å². The van der Waals surface area contributed by atoms with Crippen LogP contribution in [-0.2, 0) is 4.79 Å². The van der Waals surface area contributed by atoms with Crippen molar-refractivity contribution in [3.05, 3.63) is 57.8 Å². The smallest absolute Gasteiger partial charge is 0.240 e. The zero-order chi connectivity index (χ0) is 14.1. The maximum atomic E-state index is 11.8. The van der Waals surface area contributed by atoms with Gasteiger partial charge in [0.25, 0.3) is 0 Å². The fraction of sp³-hybridized carbons (Fsp3) is 0.250. The first kappa shape index (κ1) is 13.1. The molecule has 0 unspecified atom stereocenters. The Balaban J connectivity index is 1.97. The van der Waals surface area contributed by atoms with Crippen molar-refractivity contribution < 1.29 is 4.79 Å². The normalized spacial score (nSPS) is 18.2. The number of thiophene rings is 1. The SMILES string of the molecule is CC(=O)N1N=C(c2ccccc2C)C[C@@H]1c1cccs1. The van der Waals surface area contributed by atoms with Gasteiger partial charge in [0.05, 0.1) is 11.8 Å². The molecule has 102 valence electrons. The first-order chi connectivity index (χ1) is 9.66. The highest BCUT2D eigenvalue weighted by atomic mass is 32.1. The first-order valence-corrected chi connectivity index (χ1v) is 7.51. The number of aryl methyl sites for hydroxylation is 1. The van der Waals surface area contributed by atoms with E-state index in [4.69, 9.17) is 0 Å². The summed E-state index contributed by atoms with van der Waals surface area (Å²) in [6.45, 7) is 3.65.